The van der Waals surface area contributed by atoms with Crippen LogP contribution in [0.25, 0.3) is 0 Å². The van der Waals surface area contributed by atoms with E-state index in [9.17, 15) is 62.3 Å². The summed E-state index contributed by atoms with van der Waals surface area (Å²) in [5.74, 6) is -3.11. The second-order valence-corrected chi connectivity index (χ2v) is 31.2. The Balaban J connectivity index is 0.000000139. The number of imide groups is 3. The van der Waals surface area contributed by atoms with E-state index in [4.69, 9.17) is 4.74 Å². The van der Waals surface area contributed by atoms with Gasteiger partial charge in [0, 0.05) is 99.0 Å². The number of carbonyl (C=O) groups is 13. The van der Waals surface area contributed by atoms with Crippen LogP contribution in [-0.4, -0.2) is 156 Å². The molecule has 15 rings (SSSR count). The van der Waals surface area contributed by atoms with Gasteiger partial charge in [0.05, 0.1) is 39.5 Å². The van der Waals surface area contributed by atoms with Crippen LogP contribution >= 0.6 is 0 Å². The van der Waals surface area contributed by atoms with E-state index in [1.807, 2.05) is 70.2 Å². The van der Waals surface area contributed by atoms with Crippen molar-refractivity contribution in [2.75, 3.05) is 16.0 Å². The molecule has 0 radical (unpaired) electrons. The smallest absolute Gasteiger partial charge is 0.266 e. The minimum absolute atomic E-state index is 0.0601. The molecule has 5 aromatic carbocycles. The van der Waals surface area contributed by atoms with Crippen LogP contribution in [-0.2, 0) is 43.5 Å². The number of ether oxygens (including phenoxy) is 1. The lowest BCUT2D eigenvalue weighted by Crippen LogP contribution is -2.51. The fourth-order valence-electron chi connectivity index (χ4n) is 15.4. The summed E-state index contributed by atoms with van der Waals surface area (Å²) in [6.07, 6.45) is 6.31. The fraction of sp³-hybridized carbons (Fsp3) is 0.384. The Hall–Kier alpha value is -12.3. The van der Waals surface area contributed by atoms with Crippen molar-refractivity contribution in [1.82, 2.24) is 51.1 Å². The number of piperidine rings is 5. The van der Waals surface area contributed by atoms with E-state index in [0.717, 1.165) is 60.6 Å². The SMILES string of the molecule is C=C1CCC(N2C(=O)c3ccc(CC(C)C)cc3C2=O)C(=O)N1.C=C1CCC(N2C(=O)c3cccc(NC(C)C)c3C2=O)C(=O)N1.C=C1CCC(N2C(=O)c3cccc(OC(C)C)c3C2=O)C(=O)N1.C=C1CCC(N2Cc3c(NC(C)C)cccc3C2=O)C(=O)N1.C=C1CCC(N2Cc3c(NC(C)C)cccc3C2=O)C(=O)N1. The molecule has 13 amide bonds. The van der Waals surface area contributed by atoms with Crippen molar-refractivity contribution in [3.05, 3.63) is 214 Å². The van der Waals surface area contributed by atoms with E-state index in [-0.39, 0.29) is 88.5 Å². The molecule has 0 spiro atoms. The molecular formula is C86H99N13O14. The lowest BCUT2D eigenvalue weighted by molar-refractivity contribution is -0.127. The third kappa shape index (κ3) is 17.4. The molecule has 8 N–H and O–H groups in total. The van der Waals surface area contributed by atoms with E-state index in [0.29, 0.717) is 145 Å². The number of nitrogens with zero attached hydrogens (tertiary/aromatic N) is 5. The number of fused-ring (bicyclic) bond motifs is 5. The van der Waals surface area contributed by atoms with Gasteiger partial charge in [0.25, 0.3) is 47.3 Å². The lowest BCUT2D eigenvalue weighted by Gasteiger charge is -2.31. The quantitative estimate of drug-likeness (QED) is 0.0452. The Morgan fingerprint density at radius 3 is 1.07 bits per heavy atom. The monoisotopic (exact) mass is 1540 g/mol. The van der Waals surface area contributed by atoms with Crippen molar-refractivity contribution < 1.29 is 67.1 Å². The summed E-state index contributed by atoms with van der Waals surface area (Å²) in [6.45, 7) is 39.7. The average molecular weight is 1540 g/mol. The van der Waals surface area contributed by atoms with Gasteiger partial charge >= 0.3 is 0 Å². The van der Waals surface area contributed by atoms with Gasteiger partial charge in [0.2, 0.25) is 29.5 Å². The highest BCUT2D eigenvalue weighted by atomic mass is 16.5. The summed E-state index contributed by atoms with van der Waals surface area (Å²) in [6, 6.07) is 24.4. The van der Waals surface area contributed by atoms with Crippen LogP contribution in [0.15, 0.2) is 152 Å². The van der Waals surface area contributed by atoms with Crippen molar-refractivity contribution in [2.45, 2.75) is 207 Å². The Kier molecular flexibility index (Phi) is 24.7. The molecule has 0 aliphatic carbocycles. The Bertz CT molecular complexity index is 4610. The van der Waals surface area contributed by atoms with Crippen molar-refractivity contribution >= 4 is 93.9 Å². The maximum absolute atomic E-state index is 12.8. The van der Waals surface area contributed by atoms with Gasteiger partial charge in [-0.2, -0.15) is 0 Å². The van der Waals surface area contributed by atoms with Gasteiger partial charge in [0.15, 0.2) is 0 Å². The molecule has 5 atom stereocenters. The van der Waals surface area contributed by atoms with Crippen LogP contribution < -0.4 is 47.3 Å². The summed E-state index contributed by atoms with van der Waals surface area (Å²) in [7, 11) is 0. The molecule has 5 aromatic rings. The van der Waals surface area contributed by atoms with Crippen molar-refractivity contribution in [3.63, 3.8) is 0 Å². The number of hydrogen-bond donors (Lipinski definition) is 8. The van der Waals surface area contributed by atoms with Gasteiger partial charge < -0.3 is 57.1 Å². The summed E-state index contributed by atoms with van der Waals surface area (Å²) in [4.78, 5) is 169. The van der Waals surface area contributed by atoms with Gasteiger partial charge in [-0.15, -0.1) is 0 Å². The molecule has 27 nitrogen and oxygen atoms in total. The highest BCUT2D eigenvalue weighted by molar-refractivity contribution is 6.26. The molecule has 10 heterocycles. The molecule has 27 heteroatoms. The Labute approximate surface area is 657 Å². The van der Waals surface area contributed by atoms with Gasteiger partial charge in [-0.05, 0) is 198 Å². The molecular weight excluding hydrogens is 1440 g/mol. The largest absolute Gasteiger partial charge is 0.490 e. The fourth-order valence-corrected chi connectivity index (χ4v) is 15.4. The summed E-state index contributed by atoms with van der Waals surface area (Å²) in [5.41, 5.74) is 12.3. The normalized spacial score (nSPS) is 21.0. The third-order valence-corrected chi connectivity index (χ3v) is 20.5. The predicted molar refractivity (Wildman–Crippen MR) is 426 cm³/mol. The maximum Gasteiger partial charge on any atom is 0.266 e. The van der Waals surface area contributed by atoms with Crippen LogP contribution in [0.5, 0.6) is 5.75 Å². The highest BCUT2D eigenvalue weighted by Gasteiger charge is 2.49. The van der Waals surface area contributed by atoms with Crippen molar-refractivity contribution in [2.24, 2.45) is 5.92 Å². The molecule has 5 saturated heterocycles. The molecule has 5 unspecified atom stereocenters. The first kappa shape index (κ1) is 81.7. The molecule has 0 aromatic heterocycles. The van der Waals surface area contributed by atoms with Gasteiger partial charge in [0.1, 0.15) is 36.0 Å². The number of rotatable bonds is 15. The number of anilines is 3. The first-order chi connectivity index (χ1) is 53.6. The first-order valence-electron chi connectivity index (χ1n) is 38.4. The standard InChI is InChI=1S/C18H20N2O3.C17H19N3O3.2C17H21N3O2.C17H18N2O4/c1-10(2)8-12-5-6-13-14(9-12)18(23)20(17(13)22)15-7-4-11(3)19-16(15)21;1-9(2)18-12-6-4-5-11-14(12)17(23)20(16(11)22)13-8-7-10(3)19-15(13)21;2*1-10(2)18-14-6-4-5-12-13(14)9-20(17(12)22)15-8-7-11(3)19-16(15)21;1-9(2)23-13-6-4-5-11-14(13)17(22)19(16(11)21)12-8-7-10(3)18-15(12)20/h5-6,9-10,15H,3-4,7-8H2,1-2H3,(H,19,21);4-6,9,13,18H,3,7-8H2,1-2H3,(H,19,21);2*4-6,10,15,18H,3,7-9H2,1-2H3,(H,19,21);4-6,9,12H,3,7-8H2,1-2H3,(H,18,20). The highest BCUT2D eigenvalue weighted by Crippen LogP contribution is 2.39. The zero-order valence-electron chi connectivity index (χ0n) is 65.6. The molecule has 10 aliphatic heterocycles. The third-order valence-electron chi connectivity index (χ3n) is 20.5. The number of nitrogens with one attached hydrogen (secondary N) is 8. The van der Waals surface area contributed by atoms with E-state index < -0.39 is 53.8 Å². The number of hydrogen-bond acceptors (Lipinski definition) is 17. The minimum atomic E-state index is -0.806. The van der Waals surface area contributed by atoms with E-state index >= 15 is 0 Å². The second kappa shape index (κ2) is 34.1. The Morgan fingerprint density at radius 1 is 0.363 bits per heavy atom. The van der Waals surface area contributed by atoms with E-state index in [2.05, 4.69) is 117 Å². The molecule has 5 fully saturated rings. The second-order valence-electron chi connectivity index (χ2n) is 31.2. The molecule has 592 valence electrons. The molecule has 0 bridgehead atoms. The number of amides is 13. The number of carbonyl (C=O) groups excluding carboxylic acids is 13. The molecule has 0 saturated carbocycles. The predicted octanol–water partition coefficient (Wildman–Crippen LogP) is 10.5. The minimum Gasteiger partial charge on any atom is -0.490 e. The molecule has 10 aliphatic rings. The van der Waals surface area contributed by atoms with Crippen LogP contribution in [0, 0.1) is 5.92 Å². The van der Waals surface area contributed by atoms with Crippen LogP contribution in [0.1, 0.15) is 233 Å². The van der Waals surface area contributed by atoms with Gasteiger partial charge in [-0.25, -0.2) is 0 Å². The van der Waals surface area contributed by atoms with Crippen LogP contribution in [0.4, 0.5) is 17.1 Å². The first-order valence-corrected chi connectivity index (χ1v) is 38.4. The van der Waals surface area contributed by atoms with Crippen molar-refractivity contribution in [3.8, 4) is 5.75 Å². The lowest BCUT2D eigenvalue weighted by atomic mass is 9.99. The molecule has 113 heavy (non-hydrogen) atoms. The van der Waals surface area contributed by atoms with Crippen LogP contribution in [0.2, 0.25) is 0 Å². The Morgan fingerprint density at radius 2 is 0.690 bits per heavy atom. The zero-order chi connectivity index (χ0) is 81.9. The van der Waals surface area contributed by atoms with Gasteiger partial charge in [-0.1, -0.05) is 77.1 Å². The van der Waals surface area contributed by atoms with E-state index in [1.165, 1.54) is 0 Å². The summed E-state index contributed by atoms with van der Waals surface area (Å²) in [5, 5.41) is 23.3. The topological polar surface area (TPSA) is 344 Å². The van der Waals surface area contributed by atoms with E-state index in [1.54, 1.807) is 58.3 Å². The zero-order valence-corrected chi connectivity index (χ0v) is 65.6. The van der Waals surface area contributed by atoms with Crippen LogP contribution in [0.3, 0.4) is 0 Å². The maximum atomic E-state index is 12.8. The van der Waals surface area contributed by atoms with Gasteiger partial charge in [-0.3, -0.25) is 77.0 Å². The average Bonchev–Trinajstić information content (AvgIpc) is 1.61. The summed E-state index contributed by atoms with van der Waals surface area (Å²) < 4.78 is 5.64. The number of benzene rings is 5. The van der Waals surface area contributed by atoms with Crippen molar-refractivity contribution in [1.29, 1.82) is 0 Å². The number of allylic oxidation sites excluding steroid dienone is 5. The summed E-state index contributed by atoms with van der Waals surface area (Å²) >= 11 is 0.